The van der Waals surface area contributed by atoms with Crippen LogP contribution in [0.2, 0.25) is 0 Å². The van der Waals surface area contributed by atoms with Crippen molar-refractivity contribution in [2.45, 2.75) is 25.3 Å². The van der Waals surface area contributed by atoms with E-state index in [1.54, 1.807) is 6.33 Å². The molecule has 3 rings (SSSR count). The van der Waals surface area contributed by atoms with Gasteiger partial charge in [-0.25, -0.2) is 9.97 Å². The van der Waals surface area contributed by atoms with Crippen LogP contribution in [0.25, 0.3) is 0 Å². The first-order chi connectivity index (χ1) is 9.38. The number of nitrogens with one attached hydrogen (secondary N) is 1. The zero-order chi connectivity index (χ0) is 13.1. The summed E-state index contributed by atoms with van der Waals surface area (Å²) in [4.78, 5) is 8.64. The van der Waals surface area contributed by atoms with Crippen LogP contribution in [-0.2, 0) is 12.8 Å². The molecule has 2 N–H and O–H groups in total. The van der Waals surface area contributed by atoms with Crippen LogP contribution in [0.3, 0.4) is 0 Å². The molecule has 98 valence electrons. The summed E-state index contributed by atoms with van der Waals surface area (Å²) in [6.45, 7) is 0.0444. The van der Waals surface area contributed by atoms with E-state index in [4.69, 9.17) is 0 Å². The van der Waals surface area contributed by atoms with Crippen LogP contribution in [0.5, 0.6) is 0 Å². The minimum absolute atomic E-state index is 0.0444. The van der Waals surface area contributed by atoms with Crippen molar-refractivity contribution in [1.29, 1.82) is 0 Å². The van der Waals surface area contributed by atoms with Crippen LogP contribution in [0.15, 0.2) is 36.7 Å². The predicted octanol–water partition coefficient (Wildman–Crippen LogP) is 2.11. The van der Waals surface area contributed by atoms with Gasteiger partial charge in [0, 0.05) is 11.3 Å². The number of hydrogen-bond acceptors (Lipinski definition) is 4. The van der Waals surface area contributed by atoms with E-state index in [0.717, 1.165) is 36.3 Å². The molecule has 1 heterocycles. The summed E-state index contributed by atoms with van der Waals surface area (Å²) in [5.74, 6) is 0.866. The molecule has 4 nitrogen and oxygen atoms in total. The van der Waals surface area contributed by atoms with Crippen LogP contribution in [0.4, 0.5) is 5.82 Å². The van der Waals surface area contributed by atoms with E-state index >= 15 is 0 Å². The SMILES string of the molecule is OCC(Nc1ncnc2c1CCC2)c1ccccc1. The third-order valence-electron chi connectivity index (χ3n) is 3.57. The highest BCUT2D eigenvalue weighted by atomic mass is 16.3. The standard InChI is InChI=1S/C15H17N3O/c19-9-14(11-5-2-1-3-6-11)18-15-12-7-4-8-13(12)16-10-17-15/h1-3,5-6,10,14,19H,4,7-9H2,(H,16,17,18). The normalized spacial score (nSPS) is 15.0. The third-order valence-corrected chi connectivity index (χ3v) is 3.57. The fourth-order valence-electron chi connectivity index (χ4n) is 2.57. The van der Waals surface area contributed by atoms with E-state index in [1.165, 1.54) is 5.56 Å². The van der Waals surface area contributed by atoms with Crippen molar-refractivity contribution in [1.82, 2.24) is 9.97 Å². The van der Waals surface area contributed by atoms with Gasteiger partial charge in [-0.3, -0.25) is 0 Å². The van der Waals surface area contributed by atoms with Crippen LogP contribution in [-0.4, -0.2) is 21.7 Å². The highest BCUT2D eigenvalue weighted by molar-refractivity contribution is 5.49. The Morgan fingerprint density at radius 1 is 1.16 bits per heavy atom. The molecule has 0 bridgehead atoms. The maximum Gasteiger partial charge on any atom is 0.133 e. The van der Waals surface area contributed by atoms with Crippen LogP contribution >= 0.6 is 0 Å². The van der Waals surface area contributed by atoms with Gasteiger partial charge in [0.25, 0.3) is 0 Å². The second-order valence-electron chi connectivity index (χ2n) is 4.79. The lowest BCUT2D eigenvalue weighted by Crippen LogP contribution is -2.17. The molecule has 19 heavy (non-hydrogen) atoms. The van der Waals surface area contributed by atoms with Gasteiger partial charge >= 0.3 is 0 Å². The molecule has 1 unspecified atom stereocenters. The third kappa shape index (κ3) is 2.44. The van der Waals surface area contributed by atoms with Crippen molar-refractivity contribution in [3.8, 4) is 0 Å². The summed E-state index contributed by atoms with van der Waals surface area (Å²) in [5.41, 5.74) is 3.41. The maximum atomic E-state index is 9.58. The molecule has 0 fully saturated rings. The molecular weight excluding hydrogens is 238 g/mol. The Morgan fingerprint density at radius 3 is 2.79 bits per heavy atom. The second kappa shape index (κ2) is 5.36. The molecule has 1 aliphatic carbocycles. The number of anilines is 1. The van der Waals surface area contributed by atoms with Gasteiger partial charge in [-0.2, -0.15) is 0 Å². The first kappa shape index (κ1) is 12.1. The molecule has 2 aromatic rings. The number of fused-ring (bicyclic) bond motifs is 1. The predicted molar refractivity (Wildman–Crippen MR) is 73.9 cm³/mol. The minimum atomic E-state index is -0.124. The summed E-state index contributed by atoms with van der Waals surface area (Å²) in [7, 11) is 0. The zero-order valence-corrected chi connectivity index (χ0v) is 10.7. The second-order valence-corrected chi connectivity index (χ2v) is 4.79. The Morgan fingerprint density at radius 2 is 2.00 bits per heavy atom. The monoisotopic (exact) mass is 255 g/mol. The largest absolute Gasteiger partial charge is 0.394 e. The van der Waals surface area contributed by atoms with Crippen LogP contribution < -0.4 is 5.32 Å². The topological polar surface area (TPSA) is 58.0 Å². The average molecular weight is 255 g/mol. The average Bonchev–Trinajstić information content (AvgIpc) is 2.95. The van der Waals surface area contributed by atoms with Gasteiger partial charge in [-0.15, -0.1) is 0 Å². The quantitative estimate of drug-likeness (QED) is 0.878. The van der Waals surface area contributed by atoms with E-state index in [0.29, 0.717) is 0 Å². The Kier molecular flexibility index (Phi) is 3.42. The van der Waals surface area contributed by atoms with Crippen molar-refractivity contribution in [2.75, 3.05) is 11.9 Å². The molecule has 0 radical (unpaired) electrons. The molecule has 0 amide bonds. The summed E-state index contributed by atoms with van der Waals surface area (Å²) in [6.07, 6.45) is 4.79. The molecule has 0 spiro atoms. The number of benzene rings is 1. The summed E-state index contributed by atoms with van der Waals surface area (Å²) in [6, 6.07) is 9.82. The molecule has 4 heteroatoms. The zero-order valence-electron chi connectivity index (χ0n) is 10.7. The smallest absolute Gasteiger partial charge is 0.133 e. The van der Waals surface area contributed by atoms with Crippen LogP contribution in [0, 0.1) is 0 Å². The number of aliphatic hydroxyl groups is 1. The van der Waals surface area contributed by atoms with E-state index in [2.05, 4.69) is 15.3 Å². The van der Waals surface area contributed by atoms with E-state index in [9.17, 15) is 5.11 Å². The summed E-state index contributed by atoms with van der Waals surface area (Å²) >= 11 is 0. The van der Waals surface area contributed by atoms with Gasteiger partial charge < -0.3 is 10.4 Å². The number of aliphatic hydroxyl groups excluding tert-OH is 1. The fraction of sp³-hybridized carbons (Fsp3) is 0.333. The summed E-state index contributed by atoms with van der Waals surface area (Å²) < 4.78 is 0. The van der Waals surface area contributed by atoms with Crippen molar-refractivity contribution in [3.63, 3.8) is 0 Å². The molecule has 1 aromatic carbocycles. The lowest BCUT2D eigenvalue weighted by atomic mass is 10.1. The first-order valence-electron chi connectivity index (χ1n) is 6.63. The number of aryl methyl sites for hydroxylation is 1. The van der Waals surface area contributed by atoms with Gasteiger partial charge in [-0.1, -0.05) is 30.3 Å². The van der Waals surface area contributed by atoms with Gasteiger partial charge in [-0.05, 0) is 24.8 Å². The molecular formula is C15H17N3O. The van der Waals surface area contributed by atoms with Gasteiger partial charge in [0.2, 0.25) is 0 Å². The highest BCUT2D eigenvalue weighted by Gasteiger charge is 2.19. The summed E-state index contributed by atoms with van der Waals surface area (Å²) in [5, 5.41) is 12.9. The van der Waals surface area contributed by atoms with Gasteiger partial charge in [0.05, 0.1) is 12.6 Å². The fourth-order valence-corrected chi connectivity index (χ4v) is 2.57. The number of aromatic nitrogens is 2. The van der Waals surface area contributed by atoms with Crippen molar-refractivity contribution >= 4 is 5.82 Å². The molecule has 0 saturated heterocycles. The van der Waals surface area contributed by atoms with Gasteiger partial charge in [0.15, 0.2) is 0 Å². The van der Waals surface area contributed by atoms with Crippen molar-refractivity contribution < 1.29 is 5.11 Å². The number of rotatable bonds is 4. The Hall–Kier alpha value is -1.94. The lowest BCUT2D eigenvalue weighted by Gasteiger charge is -2.19. The Balaban J connectivity index is 1.86. The Bertz CT molecular complexity index is 557. The van der Waals surface area contributed by atoms with E-state index in [-0.39, 0.29) is 12.6 Å². The van der Waals surface area contributed by atoms with Gasteiger partial charge in [0.1, 0.15) is 12.1 Å². The number of nitrogens with zero attached hydrogens (tertiary/aromatic N) is 2. The first-order valence-corrected chi connectivity index (χ1v) is 6.63. The maximum absolute atomic E-state index is 9.58. The molecule has 1 aromatic heterocycles. The van der Waals surface area contributed by atoms with Crippen LogP contribution in [0.1, 0.15) is 29.3 Å². The molecule has 0 saturated carbocycles. The molecule has 1 atom stereocenters. The lowest BCUT2D eigenvalue weighted by molar-refractivity contribution is 0.276. The highest BCUT2D eigenvalue weighted by Crippen LogP contribution is 2.27. The van der Waals surface area contributed by atoms with Crippen molar-refractivity contribution in [3.05, 3.63) is 53.5 Å². The Labute approximate surface area is 112 Å². The van der Waals surface area contributed by atoms with E-state index < -0.39 is 0 Å². The minimum Gasteiger partial charge on any atom is -0.394 e. The number of hydrogen-bond donors (Lipinski definition) is 2. The van der Waals surface area contributed by atoms with Crippen molar-refractivity contribution in [2.24, 2.45) is 0 Å². The van der Waals surface area contributed by atoms with E-state index in [1.807, 2.05) is 30.3 Å². The molecule has 1 aliphatic rings. The molecule has 0 aliphatic heterocycles.